The van der Waals surface area contributed by atoms with Gasteiger partial charge in [0.05, 0.1) is 6.04 Å². The molecule has 1 atom stereocenters. The Kier molecular flexibility index (Phi) is 5.86. The molecule has 1 aromatic heterocycles. The molecule has 0 spiro atoms. The molecule has 0 radical (unpaired) electrons. The van der Waals surface area contributed by atoms with Crippen LogP contribution in [0.3, 0.4) is 0 Å². The van der Waals surface area contributed by atoms with Crippen LogP contribution >= 0.6 is 0 Å². The first-order valence-corrected chi connectivity index (χ1v) is 9.70. The summed E-state index contributed by atoms with van der Waals surface area (Å²) in [5.74, 6) is 0.833. The van der Waals surface area contributed by atoms with E-state index in [0.29, 0.717) is 24.7 Å². The van der Waals surface area contributed by atoms with Crippen molar-refractivity contribution in [3.8, 4) is 16.9 Å². The Hall–Kier alpha value is -3.51. The highest BCUT2D eigenvalue weighted by Gasteiger charge is 2.14. The minimum atomic E-state index is -0.388. The fourth-order valence-electron chi connectivity index (χ4n) is 3.17. The van der Waals surface area contributed by atoms with Crippen molar-refractivity contribution in [2.45, 2.75) is 26.0 Å². The summed E-state index contributed by atoms with van der Waals surface area (Å²) in [6, 6.07) is 22.1. The number of ether oxygens (including phenoxy) is 1. The van der Waals surface area contributed by atoms with Crippen molar-refractivity contribution in [2.24, 2.45) is 5.73 Å². The number of nitrogens with zero attached hydrogens (tertiary/aromatic N) is 2. The summed E-state index contributed by atoms with van der Waals surface area (Å²) in [6.07, 6.45) is 0.572. The van der Waals surface area contributed by atoms with E-state index in [1.807, 2.05) is 60.7 Å². The van der Waals surface area contributed by atoms with Gasteiger partial charge in [0.2, 0.25) is 5.89 Å². The molecule has 0 fully saturated rings. The van der Waals surface area contributed by atoms with Gasteiger partial charge in [0, 0.05) is 0 Å². The summed E-state index contributed by atoms with van der Waals surface area (Å²) in [5.41, 5.74) is 9.85. The second kappa shape index (κ2) is 8.88. The van der Waals surface area contributed by atoms with Crippen LogP contribution in [0, 0.1) is 12.7 Å². The lowest BCUT2D eigenvalue weighted by Crippen LogP contribution is -2.13. The molecule has 0 saturated heterocycles. The molecular weight excluding hydrogens is 381 g/mol. The Labute approximate surface area is 174 Å². The van der Waals surface area contributed by atoms with Crippen molar-refractivity contribution in [3.63, 3.8) is 0 Å². The van der Waals surface area contributed by atoms with Crippen LogP contribution < -0.4 is 10.5 Å². The maximum absolute atomic E-state index is 14.5. The van der Waals surface area contributed by atoms with Gasteiger partial charge in [-0.1, -0.05) is 65.8 Å². The highest BCUT2D eigenvalue weighted by Crippen LogP contribution is 2.27. The van der Waals surface area contributed by atoms with Gasteiger partial charge in [-0.05, 0) is 47.7 Å². The molecule has 4 aromatic rings. The van der Waals surface area contributed by atoms with Crippen LogP contribution in [0.25, 0.3) is 11.1 Å². The molecule has 0 unspecified atom stereocenters. The van der Waals surface area contributed by atoms with Gasteiger partial charge in [-0.3, -0.25) is 0 Å². The maximum Gasteiger partial charge on any atom is 0.243 e. The van der Waals surface area contributed by atoms with Gasteiger partial charge in [-0.15, -0.1) is 0 Å². The lowest BCUT2D eigenvalue weighted by molar-refractivity contribution is 0.290. The SMILES string of the molecule is Cc1noc([C@H](N)Cc2ccc(-c3ccc(OCc4ccccc4)c(F)c3)cc2)n1. The lowest BCUT2D eigenvalue weighted by Gasteiger charge is -2.10. The Morgan fingerprint density at radius 1 is 0.967 bits per heavy atom. The van der Waals surface area contributed by atoms with E-state index in [2.05, 4.69) is 10.1 Å². The van der Waals surface area contributed by atoms with Crippen LogP contribution in [0.15, 0.2) is 77.3 Å². The first-order valence-electron chi connectivity index (χ1n) is 9.70. The van der Waals surface area contributed by atoms with Gasteiger partial charge in [-0.25, -0.2) is 4.39 Å². The van der Waals surface area contributed by atoms with E-state index in [1.165, 1.54) is 6.07 Å². The number of aryl methyl sites for hydroxylation is 1. The molecule has 0 aliphatic carbocycles. The average molecular weight is 403 g/mol. The van der Waals surface area contributed by atoms with E-state index < -0.39 is 0 Å². The van der Waals surface area contributed by atoms with E-state index in [9.17, 15) is 4.39 Å². The molecule has 6 heteroatoms. The van der Waals surface area contributed by atoms with Crippen molar-refractivity contribution in [1.82, 2.24) is 10.1 Å². The molecule has 30 heavy (non-hydrogen) atoms. The fourth-order valence-corrected chi connectivity index (χ4v) is 3.17. The van der Waals surface area contributed by atoms with Gasteiger partial charge in [0.1, 0.15) is 6.61 Å². The van der Waals surface area contributed by atoms with Crippen molar-refractivity contribution < 1.29 is 13.7 Å². The summed E-state index contributed by atoms with van der Waals surface area (Å²) in [4.78, 5) is 4.17. The molecule has 0 aliphatic heterocycles. The Morgan fingerprint density at radius 3 is 2.37 bits per heavy atom. The van der Waals surface area contributed by atoms with Gasteiger partial charge in [0.25, 0.3) is 0 Å². The number of aromatic nitrogens is 2. The second-order valence-corrected chi connectivity index (χ2v) is 7.11. The maximum atomic E-state index is 14.5. The molecule has 152 valence electrons. The normalized spacial score (nSPS) is 12.0. The van der Waals surface area contributed by atoms with E-state index in [-0.39, 0.29) is 17.6 Å². The predicted octanol–water partition coefficient (Wildman–Crippen LogP) is 5.01. The van der Waals surface area contributed by atoms with Crippen molar-refractivity contribution in [1.29, 1.82) is 0 Å². The zero-order valence-corrected chi connectivity index (χ0v) is 16.6. The molecule has 2 N–H and O–H groups in total. The van der Waals surface area contributed by atoms with Crippen LogP contribution in [0.1, 0.15) is 28.9 Å². The van der Waals surface area contributed by atoms with E-state index in [4.69, 9.17) is 15.0 Å². The molecule has 0 aliphatic rings. The minimum absolute atomic E-state index is 0.236. The summed E-state index contributed by atoms with van der Waals surface area (Å²) >= 11 is 0. The molecule has 0 bridgehead atoms. The van der Waals surface area contributed by atoms with Crippen LogP contribution in [-0.4, -0.2) is 10.1 Å². The molecule has 5 nitrogen and oxygen atoms in total. The molecule has 3 aromatic carbocycles. The third kappa shape index (κ3) is 4.72. The minimum Gasteiger partial charge on any atom is -0.486 e. The first kappa shape index (κ1) is 19.8. The molecule has 4 rings (SSSR count). The number of halogens is 1. The Bertz CT molecular complexity index is 1110. The monoisotopic (exact) mass is 403 g/mol. The van der Waals surface area contributed by atoms with E-state index in [0.717, 1.165) is 22.3 Å². The highest BCUT2D eigenvalue weighted by molar-refractivity contribution is 5.64. The zero-order valence-electron chi connectivity index (χ0n) is 16.6. The predicted molar refractivity (Wildman–Crippen MR) is 112 cm³/mol. The lowest BCUT2D eigenvalue weighted by atomic mass is 10.0. The van der Waals surface area contributed by atoms with Gasteiger partial charge in [0.15, 0.2) is 17.4 Å². The Morgan fingerprint density at radius 2 is 1.70 bits per heavy atom. The topological polar surface area (TPSA) is 74.2 Å². The average Bonchev–Trinajstić information content (AvgIpc) is 3.21. The summed E-state index contributed by atoms with van der Waals surface area (Å²) in [6.45, 7) is 2.08. The molecule has 1 heterocycles. The van der Waals surface area contributed by atoms with Crippen molar-refractivity contribution in [3.05, 3.63) is 101 Å². The van der Waals surface area contributed by atoms with Crippen LogP contribution in [0.4, 0.5) is 4.39 Å². The number of benzene rings is 3. The standard InChI is InChI=1S/C24H22FN3O2/c1-16-27-24(30-28-16)22(26)13-17-7-9-19(10-8-17)20-11-12-23(21(25)14-20)29-15-18-5-3-2-4-6-18/h2-12,14,22H,13,15,26H2,1H3/t22-/m1/s1. The summed E-state index contributed by atoms with van der Waals surface area (Å²) in [7, 11) is 0. The number of nitrogens with two attached hydrogens (primary N) is 1. The van der Waals surface area contributed by atoms with Gasteiger partial charge in [-0.2, -0.15) is 4.98 Å². The quantitative estimate of drug-likeness (QED) is 0.470. The summed E-state index contributed by atoms with van der Waals surface area (Å²) in [5, 5.41) is 3.77. The zero-order chi connectivity index (χ0) is 20.9. The highest BCUT2D eigenvalue weighted by atomic mass is 19.1. The van der Waals surface area contributed by atoms with Gasteiger partial charge < -0.3 is 15.0 Å². The molecular formula is C24H22FN3O2. The number of hydrogen-bond donors (Lipinski definition) is 1. The number of hydrogen-bond acceptors (Lipinski definition) is 5. The second-order valence-electron chi connectivity index (χ2n) is 7.11. The largest absolute Gasteiger partial charge is 0.486 e. The van der Waals surface area contributed by atoms with Crippen LogP contribution in [0.5, 0.6) is 5.75 Å². The van der Waals surface area contributed by atoms with Crippen molar-refractivity contribution in [2.75, 3.05) is 0 Å². The third-order valence-corrected chi connectivity index (χ3v) is 4.77. The number of rotatable bonds is 7. The Balaban J connectivity index is 1.41. The summed E-state index contributed by atoms with van der Waals surface area (Å²) < 4.78 is 25.3. The fraction of sp³-hybridized carbons (Fsp3) is 0.167. The smallest absolute Gasteiger partial charge is 0.243 e. The molecule has 0 saturated carbocycles. The van der Waals surface area contributed by atoms with E-state index in [1.54, 1.807) is 13.0 Å². The van der Waals surface area contributed by atoms with Crippen LogP contribution in [0.2, 0.25) is 0 Å². The first-order chi connectivity index (χ1) is 14.6. The van der Waals surface area contributed by atoms with Crippen molar-refractivity contribution >= 4 is 0 Å². The third-order valence-electron chi connectivity index (χ3n) is 4.77. The van der Waals surface area contributed by atoms with Gasteiger partial charge >= 0.3 is 0 Å². The van der Waals surface area contributed by atoms with E-state index >= 15 is 0 Å². The molecule has 0 amide bonds. The van der Waals surface area contributed by atoms with Crippen LogP contribution in [-0.2, 0) is 13.0 Å².